The van der Waals surface area contributed by atoms with Gasteiger partial charge >= 0.3 is 0 Å². The van der Waals surface area contributed by atoms with E-state index >= 15 is 0 Å². The Labute approximate surface area is 136 Å². The third-order valence-corrected chi connectivity index (χ3v) is 5.18. The van der Waals surface area contributed by atoms with Crippen molar-refractivity contribution < 1.29 is 19.0 Å². The first kappa shape index (κ1) is 15.6. The van der Waals surface area contributed by atoms with Gasteiger partial charge in [0.25, 0.3) is 0 Å². The molecule has 3 aliphatic heterocycles. The van der Waals surface area contributed by atoms with Crippen LogP contribution >= 0.6 is 0 Å². The van der Waals surface area contributed by atoms with Crippen molar-refractivity contribution in [2.75, 3.05) is 39.8 Å². The Hall–Kier alpha value is -0.960. The van der Waals surface area contributed by atoms with Gasteiger partial charge in [0.05, 0.1) is 37.6 Å². The van der Waals surface area contributed by atoms with Crippen LogP contribution in [0.1, 0.15) is 5.76 Å². The lowest BCUT2D eigenvalue weighted by Crippen LogP contribution is -2.66. The molecule has 7 heteroatoms. The second-order valence-electron chi connectivity index (χ2n) is 6.68. The molecule has 0 spiro atoms. The van der Waals surface area contributed by atoms with E-state index in [2.05, 4.69) is 22.2 Å². The summed E-state index contributed by atoms with van der Waals surface area (Å²) in [6.07, 6.45) is 0.723. The SMILES string of the molecule is CN1CCN(C2C3OCC(O3)C(NCc3ccco3)C2O)CC1. The summed E-state index contributed by atoms with van der Waals surface area (Å²) in [6.45, 7) is 4.97. The molecule has 0 radical (unpaired) electrons. The average molecular weight is 323 g/mol. The summed E-state index contributed by atoms with van der Waals surface area (Å²) in [5.41, 5.74) is 0. The summed E-state index contributed by atoms with van der Waals surface area (Å²) in [5, 5.41) is 14.3. The van der Waals surface area contributed by atoms with E-state index < -0.39 is 6.10 Å². The minimum Gasteiger partial charge on any atom is -0.468 e. The predicted molar refractivity (Wildman–Crippen MR) is 82.8 cm³/mol. The molecule has 128 valence electrons. The number of fused-ring (bicyclic) bond motifs is 2. The fraction of sp³-hybridized carbons (Fsp3) is 0.750. The van der Waals surface area contributed by atoms with Gasteiger partial charge in [-0.3, -0.25) is 4.90 Å². The average Bonchev–Trinajstić information content (AvgIpc) is 3.20. The molecule has 0 saturated carbocycles. The molecule has 5 atom stereocenters. The van der Waals surface area contributed by atoms with Crippen LogP contribution in [0.2, 0.25) is 0 Å². The van der Waals surface area contributed by atoms with E-state index in [1.54, 1.807) is 6.26 Å². The molecule has 0 aromatic carbocycles. The number of likely N-dealkylation sites (N-methyl/N-ethyl adjacent to an activating group) is 1. The third-order valence-electron chi connectivity index (χ3n) is 5.18. The molecule has 3 saturated heterocycles. The summed E-state index contributed by atoms with van der Waals surface area (Å²) in [7, 11) is 2.13. The number of nitrogens with one attached hydrogen (secondary N) is 1. The Balaban J connectivity index is 1.45. The Morgan fingerprint density at radius 1 is 1.30 bits per heavy atom. The minimum atomic E-state index is -0.514. The van der Waals surface area contributed by atoms with Crippen LogP contribution in [-0.4, -0.2) is 85.3 Å². The van der Waals surface area contributed by atoms with Gasteiger partial charge in [0.15, 0.2) is 6.29 Å². The van der Waals surface area contributed by atoms with Crippen LogP contribution in [0.4, 0.5) is 0 Å². The second kappa shape index (κ2) is 6.51. The first-order valence-corrected chi connectivity index (χ1v) is 8.36. The molecule has 1 aromatic heterocycles. The highest BCUT2D eigenvalue weighted by Crippen LogP contribution is 2.32. The standard InChI is InChI=1S/C16H25N3O4/c1-18-4-6-19(7-5-18)14-15(20)13(12-10-22-16(14)23-12)17-9-11-3-2-8-21-11/h2-3,8,12-17,20H,4-7,9-10H2,1H3. The maximum Gasteiger partial charge on any atom is 0.176 e. The number of aliphatic hydroxyl groups excluding tert-OH is 1. The van der Waals surface area contributed by atoms with E-state index in [9.17, 15) is 5.11 Å². The Morgan fingerprint density at radius 2 is 2.13 bits per heavy atom. The van der Waals surface area contributed by atoms with Gasteiger partial charge in [-0.05, 0) is 19.2 Å². The highest BCUT2D eigenvalue weighted by molar-refractivity contribution is 5.04. The minimum absolute atomic E-state index is 0.103. The van der Waals surface area contributed by atoms with Crippen LogP contribution in [-0.2, 0) is 16.0 Å². The molecular formula is C16H25N3O4. The molecule has 23 heavy (non-hydrogen) atoms. The lowest BCUT2D eigenvalue weighted by molar-refractivity contribution is -0.186. The zero-order chi connectivity index (χ0) is 15.8. The van der Waals surface area contributed by atoms with Crippen LogP contribution in [0.15, 0.2) is 22.8 Å². The Bertz CT molecular complexity index is 503. The lowest BCUT2D eigenvalue weighted by atomic mass is 9.94. The van der Waals surface area contributed by atoms with Gasteiger partial charge < -0.3 is 29.2 Å². The van der Waals surface area contributed by atoms with Crippen LogP contribution in [0.5, 0.6) is 0 Å². The molecule has 4 rings (SSSR count). The zero-order valence-corrected chi connectivity index (χ0v) is 13.4. The third kappa shape index (κ3) is 3.05. The van der Waals surface area contributed by atoms with Gasteiger partial charge in [-0.25, -0.2) is 0 Å². The molecule has 3 fully saturated rings. The van der Waals surface area contributed by atoms with Crippen molar-refractivity contribution in [2.45, 2.75) is 37.1 Å². The molecule has 3 aliphatic rings. The summed E-state index contributed by atoms with van der Waals surface area (Å²) in [4.78, 5) is 4.61. The van der Waals surface area contributed by atoms with Crippen molar-refractivity contribution in [3.8, 4) is 0 Å². The summed E-state index contributed by atoms with van der Waals surface area (Å²) in [5.74, 6) is 0.856. The molecule has 0 amide bonds. The number of aliphatic hydroxyl groups is 1. The number of piperazine rings is 1. The molecule has 2 bridgehead atoms. The van der Waals surface area contributed by atoms with Crippen LogP contribution < -0.4 is 5.32 Å². The van der Waals surface area contributed by atoms with Crippen molar-refractivity contribution >= 4 is 0 Å². The highest BCUT2D eigenvalue weighted by Gasteiger charge is 2.52. The van der Waals surface area contributed by atoms with Crippen molar-refractivity contribution in [1.29, 1.82) is 0 Å². The molecular weight excluding hydrogens is 298 g/mol. The Kier molecular flexibility index (Phi) is 4.40. The van der Waals surface area contributed by atoms with E-state index in [1.807, 2.05) is 12.1 Å². The van der Waals surface area contributed by atoms with Gasteiger partial charge in [-0.15, -0.1) is 0 Å². The summed E-state index contributed by atoms with van der Waals surface area (Å²) < 4.78 is 17.2. The van der Waals surface area contributed by atoms with Gasteiger partial charge in [0, 0.05) is 26.2 Å². The molecule has 0 aliphatic carbocycles. The van der Waals surface area contributed by atoms with Gasteiger partial charge in [0.2, 0.25) is 0 Å². The summed E-state index contributed by atoms with van der Waals surface area (Å²) in [6, 6.07) is 3.53. The van der Waals surface area contributed by atoms with Crippen molar-refractivity contribution in [2.24, 2.45) is 0 Å². The number of hydrogen-bond acceptors (Lipinski definition) is 7. The van der Waals surface area contributed by atoms with Crippen molar-refractivity contribution in [1.82, 2.24) is 15.1 Å². The molecule has 4 heterocycles. The largest absolute Gasteiger partial charge is 0.468 e. The first-order valence-electron chi connectivity index (χ1n) is 8.36. The second-order valence-corrected chi connectivity index (χ2v) is 6.68. The van der Waals surface area contributed by atoms with E-state index in [4.69, 9.17) is 13.9 Å². The zero-order valence-electron chi connectivity index (χ0n) is 13.4. The van der Waals surface area contributed by atoms with Crippen molar-refractivity contribution in [3.63, 3.8) is 0 Å². The maximum absolute atomic E-state index is 10.9. The fourth-order valence-corrected chi connectivity index (χ4v) is 3.79. The normalized spacial score (nSPS) is 39.0. The number of furan rings is 1. The quantitative estimate of drug-likeness (QED) is 0.772. The topological polar surface area (TPSA) is 70.3 Å². The van der Waals surface area contributed by atoms with E-state index in [0.717, 1.165) is 31.9 Å². The highest BCUT2D eigenvalue weighted by atomic mass is 16.7. The number of hydrogen-bond donors (Lipinski definition) is 2. The van der Waals surface area contributed by atoms with Gasteiger partial charge in [-0.1, -0.05) is 0 Å². The van der Waals surface area contributed by atoms with Gasteiger partial charge in [-0.2, -0.15) is 0 Å². The summed E-state index contributed by atoms with van der Waals surface area (Å²) >= 11 is 0. The molecule has 7 nitrogen and oxygen atoms in total. The Morgan fingerprint density at radius 3 is 2.87 bits per heavy atom. The molecule has 5 unspecified atom stereocenters. The molecule has 2 N–H and O–H groups in total. The number of nitrogens with zero attached hydrogens (tertiary/aromatic N) is 2. The van der Waals surface area contributed by atoms with Crippen LogP contribution in [0, 0.1) is 0 Å². The van der Waals surface area contributed by atoms with E-state index in [-0.39, 0.29) is 24.5 Å². The first-order chi connectivity index (χ1) is 11.2. The maximum atomic E-state index is 10.9. The lowest BCUT2D eigenvalue weighted by Gasteiger charge is -2.46. The van der Waals surface area contributed by atoms with Gasteiger partial charge in [0.1, 0.15) is 11.9 Å². The number of rotatable bonds is 4. The smallest absolute Gasteiger partial charge is 0.176 e. The molecule has 1 aromatic rings. The van der Waals surface area contributed by atoms with Crippen molar-refractivity contribution in [3.05, 3.63) is 24.2 Å². The predicted octanol–water partition coefficient (Wildman–Crippen LogP) is -0.530. The fourth-order valence-electron chi connectivity index (χ4n) is 3.79. The van der Waals surface area contributed by atoms with Crippen LogP contribution in [0.3, 0.4) is 0 Å². The van der Waals surface area contributed by atoms with E-state index in [0.29, 0.717) is 13.2 Å². The van der Waals surface area contributed by atoms with Crippen LogP contribution in [0.25, 0.3) is 0 Å². The number of ether oxygens (including phenoxy) is 2. The van der Waals surface area contributed by atoms with E-state index in [1.165, 1.54) is 0 Å². The monoisotopic (exact) mass is 323 g/mol.